The zero-order valence-electron chi connectivity index (χ0n) is 8.81. The maximum atomic E-state index is 13.3. The molecule has 0 saturated heterocycles. The van der Waals surface area contributed by atoms with Crippen molar-refractivity contribution in [1.29, 1.82) is 0 Å². The summed E-state index contributed by atoms with van der Waals surface area (Å²) in [7, 11) is 0. The summed E-state index contributed by atoms with van der Waals surface area (Å²) in [6.45, 7) is -0.193. The lowest BCUT2D eigenvalue weighted by Crippen LogP contribution is -2.01. The van der Waals surface area contributed by atoms with Crippen LogP contribution in [0.15, 0.2) is 23.4 Å². The summed E-state index contributed by atoms with van der Waals surface area (Å²) in [4.78, 5) is 4.01. The Bertz CT molecular complexity index is 499. The predicted molar refractivity (Wildman–Crippen MR) is 62.4 cm³/mol. The molecule has 0 atom stereocenters. The summed E-state index contributed by atoms with van der Waals surface area (Å²) < 4.78 is 35.7. The van der Waals surface area contributed by atoms with E-state index in [1.165, 1.54) is 30.0 Å². The molecule has 0 spiro atoms. The molecule has 1 heterocycles. The third-order valence-corrected chi connectivity index (χ3v) is 3.27. The number of hydrogen-bond donors (Lipinski definition) is 0. The van der Waals surface area contributed by atoms with Crippen molar-refractivity contribution in [2.24, 2.45) is 0 Å². The van der Waals surface area contributed by atoms with E-state index in [1.807, 2.05) is 6.26 Å². The fraction of sp³-hybridized carbons (Fsp3) is 0.200. The van der Waals surface area contributed by atoms with Crippen molar-refractivity contribution < 1.29 is 13.5 Å². The highest BCUT2D eigenvalue weighted by atomic mass is 32.2. The maximum Gasteiger partial charge on any atom is 0.294 e. The van der Waals surface area contributed by atoms with Crippen molar-refractivity contribution >= 4 is 23.3 Å². The van der Waals surface area contributed by atoms with E-state index in [1.54, 1.807) is 0 Å². The van der Waals surface area contributed by atoms with Crippen molar-refractivity contribution in [3.63, 3.8) is 0 Å². The molecule has 2 aromatic rings. The van der Waals surface area contributed by atoms with Crippen LogP contribution in [0.2, 0.25) is 0 Å². The Labute approximate surface area is 105 Å². The van der Waals surface area contributed by atoms with E-state index < -0.39 is 11.6 Å². The molecule has 7 heteroatoms. The molecular weight excluding hydrogens is 266 g/mol. The minimum atomic E-state index is -0.625. The molecule has 0 unspecified atom stereocenters. The van der Waals surface area contributed by atoms with Crippen LogP contribution in [-0.4, -0.2) is 15.6 Å². The summed E-state index contributed by atoms with van der Waals surface area (Å²) in [6.07, 6.45) is 1.84. The highest BCUT2D eigenvalue weighted by Gasteiger charge is 2.10. The van der Waals surface area contributed by atoms with Crippen LogP contribution in [0.4, 0.5) is 8.78 Å². The zero-order valence-corrected chi connectivity index (χ0v) is 10.4. The molecule has 1 aromatic carbocycles. The molecule has 0 bridgehead atoms. The monoisotopic (exact) mass is 274 g/mol. The van der Waals surface area contributed by atoms with Gasteiger partial charge in [0.05, 0.1) is 5.56 Å². The summed E-state index contributed by atoms with van der Waals surface area (Å²) >= 11 is 2.43. The van der Waals surface area contributed by atoms with Gasteiger partial charge in [-0.2, -0.15) is 9.36 Å². The molecule has 90 valence electrons. The average Bonchev–Trinajstić information content (AvgIpc) is 2.76. The number of hydrogen-bond acceptors (Lipinski definition) is 5. The normalized spacial score (nSPS) is 10.5. The number of nitrogens with zero attached hydrogens (tertiary/aromatic N) is 2. The first-order valence-electron chi connectivity index (χ1n) is 4.64. The van der Waals surface area contributed by atoms with Crippen LogP contribution in [0.1, 0.15) is 5.56 Å². The van der Waals surface area contributed by atoms with Gasteiger partial charge in [-0.1, -0.05) is 17.8 Å². The van der Waals surface area contributed by atoms with Crippen molar-refractivity contribution in [1.82, 2.24) is 9.36 Å². The maximum absolute atomic E-state index is 13.3. The quantitative estimate of drug-likeness (QED) is 0.802. The van der Waals surface area contributed by atoms with Gasteiger partial charge < -0.3 is 4.74 Å². The van der Waals surface area contributed by atoms with Gasteiger partial charge in [-0.05, 0) is 18.4 Å². The molecule has 0 amide bonds. The van der Waals surface area contributed by atoms with Crippen LogP contribution >= 0.6 is 23.3 Å². The summed E-state index contributed by atoms with van der Waals surface area (Å²) in [5.41, 5.74) is -0.103. The lowest BCUT2D eigenvalue weighted by Gasteiger charge is -2.04. The largest absolute Gasteiger partial charge is 0.464 e. The standard InChI is InChI=1S/C10H8F2N2OS2/c1-16-9-13-10(17-14-9)15-5-6-7(11)3-2-4-8(6)12/h2-4H,5H2,1H3. The summed E-state index contributed by atoms with van der Waals surface area (Å²) in [6, 6.07) is 3.69. The van der Waals surface area contributed by atoms with E-state index in [0.717, 1.165) is 11.5 Å². The van der Waals surface area contributed by atoms with Gasteiger partial charge in [0.2, 0.25) is 5.16 Å². The van der Waals surface area contributed by atoms with Crippen LogP contribution < -0.4 is 4.74 Å². The van der Waals surface area contributed by atoms with E-state index in [9.17, 15) is 8.78 Å². The van der Waals surface area contributed by atoms with Crippen molar-refractivity contribution in [2.75, 3.05) is 6.26 Å². The Morgan fingerprint density at radius 1 is 1.35 bits per heavy atom. The number of halogens is 2. The van der Waals surface area contributed by atoms with Crippen molar-refractivity contribution in [3.05, 3.63) is 35.4 Å². The van der Waals surface area contributed by atoms with Gasteiger partial charge in [0.1, 0.15) is 18.2 Å². The third-order valence-electron chi connectivity index (χ3n) is 1.97. The van der Waals surface area contributed by atoms with Gasteiger partial charge in [0, 0.05) is 11.5 Å². The lowest BCUT2D eigenvalue weighted by molar-refractivity contribution is 0.289. The van der Waals surface area contributed by atoms with Crippen LogP contribution in [0.25, 0.3) is 0 Å². The number of rotatable bonds is 4. The van der Waals surface area contributed by atoms with Crippen LogP contribution in [0.5, 0.6) is 5.19 Å². The molecule has 0 aliphatic heterocycles. The second-order valence-corrected chi connectivity index (χ2v) is 4.52. The average molecular weight is 274 g/mol. The number of benzene rings is 1. The Kier molecular flexibility index (Phi) is 3.90. The van der Waals surface area contributed by atoms with E-state index >= 15 is 0 Å². The Morgan fingerprint density at radius 3 is 2.65 bits per heavy atom. The van der Waals surface area contributed by atoms with Crippen LogP contribution in [0, 0.1) is 11.6 Å². The smallest absolute Gasteiger partial charge is 0.294 e. The van der Waals surface area contributed by atoms with Gasteiger partial charge in [-0.25, -0.2) is 8.78 Å². The number of thioether (sulfide) groups is 1. The lowest BCUT2D eigenvalue weighted by atomic mass is 10.2. The molecule has 0 aliphatic rings. The molecule has 1 aromatic heterocycles. The molecule has 3 nitrogen and oxygen atoms in total. The van der Waals surface area contributed by atoms with Crippen molar-refractivity contribution in [2.45, 2.75) is 11.8 Å². The second-order valence-electron chi connectivity index (χ2n) is 3.04. The molecule has 2 rings (SSSR count). The first kappa shape index (κ1) is 12.3. The molecule has 0 saturated carbocycles. The van der Waals surface area contributed by atoms with Crippen LogP contribution in [-0.2, 0) is 6.61 Å². The third kappa shape index (κ3) is 2.92. The van der Waals surface area contributed by atoms with E-state index in [-0.39, 0.29) is 12.2 Å². The van der Waals surface area contributed by atoms with Gasteiger partial charge in [-0.3, -0.25) is 0 Å². The molecule has 0 radical (unpaired) electrons. The molecule has 0 aliphatic carbocycles. The fourth-order valence-corrected chi connectivity index (χ4v) is 2.22. The minimum Gasteiger partial charge on any atom is -0.464 e. The summed E-state index contributed by atoms with van der Waals surface area (Å²) in [5, 5.41) is 0.885. The van der Waals surface area contributed by atoms with Gasteiger partial charge in [-0.15, -0.1) is 0 Å². The minimum absolute atomic E-state index is 0.103. The SMILES string of the molecule is CSc1nsc(OCc2c(F)cccc2F)n1. The molecule has 17 heavy (non-hydrogen) atoms. The number of aromatic nitrogens is 2. The highest BCUT2D eigenvalue weighted by Crippen LogP contribution is 2.21. The first-order valence-corrected chi connectivity index (χ1v) is 6.64. The Hall–Kier alpha value is -1.21. The number of ether oxygens (including phenoxy) is 1. The molecule has 0 N–H and O–H groups in total. The predicted octanol–water partition coefficient (Wildman–Crippen LogP) is 3.12. The second kappa shape index (κ2) is 5.42. The topological polar surface area (TPSA) is 35.0 Å². The van der Waals surface area contributed by atoms with Gasteiger partial charge >= 0.3 is 0 Å². The van der Waals surface area contributed by atoms with E-state index in [4.69, 9.17) is 4.74 Å². The van der Waals surface area contributed by atoms with E-state index in [0.29, 0.717) is 10.4 Å². The Morgan fingerprint density at radius 2 is 2.06 bits per heavy atom. The van der Waals surface area contributed by atoms with Crippen LogP contribution in [0.3, 0.4) is 0 Å². The fourth-order valence-electron chi connectivity index (χ4n) is 1.14. The van der Waals surface area contributed by atoms with Gasteiger partial charge in [0.15, 0.2) is 0 Å². The zero-order chi connectivity index (χ0) is 12.3. The molecule has 0 fully saturated rings. The highest BCUT2D eigenvalue weighted by molar-refractivity contribution is 7.98. The molecular formula is C10H8F2N2OS2. The van der Waals surface area contributed by atoms with E-state index in [2.05, 4.69) is 9.36 Å². The Balaban J connectivity index is 2.07. The van der Waals surface area contributed by atoms with Gasteiger partial charge in [0.25, 0.3) is 5.19 Å². The first-order chi connectivity index (χ1) is 8.20. The van der Waals surface area contributed by atoms with Crippen molar-refractivity contribution in [3.8, 4) is 5.19 Å². The summed E-state index contributed by atoms with van der Waals surface area (Å²) in [5.74, 6) is -1.25.